The molecule has 0 spiro atoms. The zero-order valence-electron chi connectivity index (χ0n) is 15.9. The lowest BCUT2D eigenvalue weighted by Gasteiger charge is -2.21. The van der Waals surface area contributed by atoms with Gasteiger partial charge in [0.25, 0.3) is 0 Å². The number of anilines is 1. The van der Waals surface area contributed by atoms with E-state index >= 15 is 0 Å². The molecule has 0 aliphatic rings. The summed E-state index contributed by atoms with van der Waals surface area (Å²) in [7, 11) is 2.01. The third-order valence-electron chi connectivity index (χ3n) is 4.91. The molecule has 5 aromatic rings. The number of hydrogen-bond acceptors (Lipinski definition) is 5. The molecule has 0 bridgehead atoms. The number of thiophene rings is 1. The summed E-state index contributed by atoms with van der Waals surface area (Å²) in [5.41, 5.74) is 3.07. The SMILES string of the molecule is Cn1ccnc1C(Nc1nc(-c2ccsc2)nc2ccccc12)c1ccccc1. The fraction of sp³-hybridized carbons (Fsp3) is 0.0870. The fourth-order valence-corrected chi connectivity index (χ4v) is 4.08. The van der Waals surface area contributed by atoms with E-state index in [1.807, 2.05) is 71.9 Å². The van der Waals surface area contributed by atoms with Gasteiger partial charge in [0.1, 0.15) is 17.7 Å². The number of nitrogens with one attached hydrogen (secondary N) is 1. The van der Waals surface area contributed by atoms with E-state index in [4.69, 9.17) is 9.97 Å². The molecule has 1 unspecified atom stereocenters. The van der Waals surface area contributed by atoms with Gasteiger partial charge in [0.05, 0.1) is 5.52 Å². The third kappa shape index (κ3) is 3.39. The summed E-state index contributed by atoms with van der Waals surface area (Å²) in [5, 5.41) is 8.75. The second-order valence-electron chi connectivity index (χ2n) is 6.81. The summed E-state index contributed by atoms with van der Waals surface area (Å²) in [6, 6.07) is 20.3. The van der Waals surface area contributed by atoms with E-state index < -0.39 is 0 Å². The van der Waals surface area contributed by atoms with Gasteiger partial charge in [-0.25, -0.2) is 15.0 Å². The quantitative estimate of drug-likeness (QED) is 0.438. The molecule has 5 rings (SSSR count). The molecular formula is C23H19N5S. The van der Waals surface area contributed by atoms with Gasteiger partial charge in [-0.1, -0.05) is 42.5 Å². The molecule has 142 valence electrons. The maximum atomic E-state index is 4.90. The smallest absolute Gasteiger partial charge is 0.162 e. The molecule has 29 heavy (non-hydrogen) atoms. The Balaban J connectivity index is 1.66. The van der Waals surface area contributed by atoms with Gasteiger partial charge in [-0.05, 0) is 29.1 Å². The molecule has 0 radical (unpaired) electrons. The third-order valence-corrected chi connectivity index (χ3v) is 5.60. The second kappa shape index (κ2) is 7.48. The number of para-hydroxylation sites is 1. The van der Waals surface area contributed by atoms with Gasteiger partial charge >= 0.3 is 0 Å². The number of benzene rings is 2. The molecule has 2 aromatic carbocycles. The summed E-state index contributed by atoms with van der Waals surface area (Å²) >= 11 is 1.64. The average molecular weight is 398 g/mol. The Labute approximate surface area is 172 Å². The normalized spacial score (nSPS) is 12.2. The number of aromatic nitrogens is 4. The van der Waals surface area contributed by atoms with E-state index in [1.54, 1.807) is 11.3 Å². The van der Waals surface area contributed by atoms with Gasteiger partial charge in [-0.2, -0.15) is 11.3 Å². The average Bonchev–Trinajstić information content (AvgIpc) is 3.44. The molecule has 0 amide bonds. The highest BCUT2D eigenvalue weighted by Gasteiger charge is 2.20. The van der Waals surface area contributed by atoms with Crippen molar-refractivity contribution in [2.24, 2.45) is 7.05 Å². The van der Waals surface area contributed by atoms with Crippen LogP contribution in [0.15, 0.2) is 83.8 Å². The number of imidazole rings is 1. The lowest BCUT2D eigenvalue weighted by molar-refractivity contribution is 0.746. The fourth-order valence-electron chi connectivity index (χ4n) is 3.44. The van der Waals surface area contributed by atoms with Gasteiger partial charge in [0.2, 0.25) is 0 Å². The Morgan fingerprint density at radius 3 is 2.55 bits per heavy atom. The first-order valence-corrected chi connectivity index (χ1v) is 10.3. The van der Waals surface area contributed by atoms with Crippen LogP contribution in [-0.4, -0.2) is 19.5 Å². The molecule has 6 heteroatoms. The number of rotatable bonds is 5. The Morgan fingerprint density at radius 1 is 0.966 bits per heavy atom. The first-order chi connectivity index (χ1) is 14.3. The minimum absolute atomic E-state index is 0.134. The molecule has 0 saturated carbocycles. The van der Waals surface area contributed by atoms with E-state index in [0.717, 1.165) is 39.5 Å². The van der Waals surface area contributed by atoms with Crippen molar-refractivity contribution in [1.82, 2.24) is 19.5 Å². The molecule has 3 heterocycles. The van der Waals surface area contributed by atoms with Gasteiger partial charge < -0.3 is 9.88 Å². The van der Waals surface area contributed by atoms with Crippen molar-refractivity contribution in [2.75, 3.05) is 5.32 Å². The van der Waals surface area contributed by atoms with E-state index in [9.17, 15) is 0 Å². The largest absolute Gasteiger partial charge is 0.356 e. The van der Waals surface area contributed by atoms with Crippen LogP contribution in [0.2, 0.25) is 0 Å². The van der Waals surface area contributed by atoms with Crippen LogP contribution >= 0.6 is 11.3 Å². The van der Waals surface area contributed by atoms with Crippen LogP contribution in [0.4, 0.5) is 5.82 Å². The predicted octanol–water partition coefficient (Wildman–Crippen LogP) is 5.29. The maximum absolute atomic E-state index is 4.90. The lowest BCUT2D eigenvalue weighted by Crippen LogP contribution is -2.18. The molecule has 5 nitrogen and oxygen atoms in total. The highest BCUT2D eigenvalue weighted by atomic mass is 32.1. The Kier molecular flexibility index (Phi) is 4.54. The summed E-state index contributed by atoms with van der Waals surface area (Å²) in [6.45, 7) is 0. The summed E-state index contributed by atoms with van der Waals surface area (Å²) < 4.78 is 2.04. The highest BCUT2D eigenvalue weighted by molar-refractivity contribution is 7.08. The van der Waals surface area contributed by atoms with Crippen LogP contribution in [0.1, 0.15) is 17.4 Å². The van der Waals surface area contributed by atoms with Crippen molar-refractivity contribution in [1.29, 1.82) is 0 Å². The maximum Gasteiger partial charge on any atom is 0.162 e. The number of aryl methyl sites for hydroxylation is 1. The van der Waals surface area contributed by atoms with Crippen LogP contribution in [0.5, 0.6) is 0 Å². The van der Waals surface area contributed by atoms with Crippen LogP contribution in [0, 0.1) is 0 Å². The first-order valence-electron chi connectivity index (χ1n) is 9.37. The molecule has 0 saturated heterocycles. The van der Waals surface area contributed by atoms with E-state index in [-0.39, 0.29) is 6.04 Å². The topological polar surface area (TPSA) is 55.6 Å². The van der Waals surface area contributed by atoms with Gasteiger partial charge in [-0.15, -0.1) is 0 Å². The molecule has 0 aliphatic heterocycles. The van der Waals surface area contributed by atoms with Crippen LogP contribution in [0.25, 0.3) is 22.3 Å². The zero-order chi connectivity index (χ0) is 19.6. The van der Waals surface area contributed by atoms with Crippen molar-refractivity contribution in [3.8, 4) is 11.4 Å². The molecule has 1 N–H and O–H groups in total. The van der Waals surface area contributed by atoms with Crippen LogP contribution in [-0.2, 0) is 7.05 Å². The second-order valence-corrected chi connectivity index (χ2v) is 7.59. The summed E-state index contributed by atoms with van der Waals surface area (Å²) in [5.74, 6) is 2.45. The van der Waals surface area contributed by atoms with E-state index in [1.165, 1.54) is 0 Å². The van der Waals surface area contributed by atoms with Crippen molar-refractivity contribution in [3.63, 3.8) is 0 Å². The van der Waals surface area contributed by atoms with Gasteiger partial charge in [0, 0.05) is 35.8 Å². The van der Waals surface area contributed by atoms with Crippen LogP contribution < -0.4 is 5.32 Å². The molecule has 0 aliphatic carbocycles. The van der Waals surface area contributed by atoms with Gasteiger partial charge in [0.15, 0.2) is 5.82 Å². The molecular weight excluding hydrogens is 378 g/mol. The highest BCUT2D eigenvalue weighted by Crippen LogP contribution is 2.30. The predicted molar refractivity (Wildman–Crippen MR) is 118 cm³/mol. The Morgan fingerprint density at radius 2 is 1.79 bits per heavy atom. The zero-order valence-corrected chi connectivity index (χ0v) is 16.7. The number of nitrogens with zero attached hydrogens (tertiary/aromatic N) is 4. The first kappa shape index (κ1) is 17.6. The Bertz CT molecular complexity index is 1250. The summed E-state index contributed by atoms with van der Waals surface area (Å²) in [6.07, 6.45) is 3.78. The summed E-state index contributed by atoms with van der Waals surface area (Å²) in [4.78, 5) is 14.3. The minimum atomic E-state index is -0.134. The molecule has 1 atom stereocenters. The van der Waals surface area contributed by atoms with Crippen molar-refractivity contribution in [2.45, 2.75) is 6.04 Å². The molecule has 0 fully saturated rings. The standard InChI is InChI=1S/C23H19N5S/c1-28-13-12-24-23(28)20(16-7-3-2-4-8-16)26-22-18-9-5-6-10-19(18)25-21(27-22)17-11-14-29-15-17/h2-15,20H,1H3,(H,25,26,27). The van der Waals surface area contributed by atoms with E-state index in [0.29, 0.717) is 0 Å². The van der Waals surface area contributed by atoms with Crippen molar-refractivity contribution in [3.05, 3.63) is 95.2 Å². The van der Waals surface area contributed by atoms with Crippen molar-refractivity contribution < 1.29 is 0 Å². The molecule has 3 aromatic heterocycles. The number of fused-ring (bicyclic) bond motifs is 1. The Hall–Kier alpha value is -3.51. The monoisotopic (exact) mass is 397 g/mol. The van der Waals surface area contributed by atoms with Crippen molar-refractivity contribution >= 4 is 28.1 Å². The lowest BCUT2D eigenvalue weighted by atomic mass is 10.1. The van der Waals surface area contributed by atoms with Gasteiger partial charge in [-0.3, -0.25) is 0 Å². The van der Waals surface area contributed by atoms with E-state index in [2.05, 4.69) is 33.9 Å². The number of hydrogen-bond donors (Lipinski definition) is 1. The van der Waals surface area contributed by atoms with Crippen LogP contribution in [0.3, 0.4) is 0 Å². The minimum Gasteiger partial charge on any atom is -0.356 e.